The zero-order valence-corrected chi connectivity index (χ0v) is 14.9. The van der Waals surface area contributed by atoms with Gasteiger partial charge in [0.25, 0.3) is 0 Å². The van der Waals surface area contributed by atoms with Gasteiger partial charge in [-0.3, -0.25) is 9.69 Å². The van der Waals surface area contributed by atoms with Crippen LogP contribution in [-0.2, 0) is 6.54 Å². The van der Waals surface area contributed by atoms with Crippen LogP contribution in [0.5, 0.6) is 0 Å². The van der Waals surface area contributed by atoms with Crippen molar-refractivity contribution < 1.29 is 0 Å². The van der Waals surface area contributed by atoms with E-state index in [1.807, 2.05) is 23.5 Å². The van der Waals surface area contributed by atoms with Crippen molar-refractivity contribution in [3.05, 3.63) is 59.7 Å². The van der Waals surface area contributed by atoms with Crippen LogP contribution in [0.15, 0.2) is 53.6 Å². The van der Waals surface area contributed by atoms with Crippen molar-refractivity contribution in [2.24, 2.45) is 10.9 Å². The second-order valence-electron chi connectivity index (χ2n) is 6.95. The van der Waals surface area contributed by atoms with Gasteiger partial charge >= 0.3 is 0 Å². The summed E-state index contributed by atoms with van der Waals surface area (Å²) in [5.41, 5.74) is 9.17. The molecule has 2 aliphatic heterocycles. The molecule has 5 heteroatoms. The molecule has 1 aromatic carbocycles. The Morgan fingerprint density at radius 1 is 1.20 bits per heavy atom. The summed E-state index contributed by atoms with van der Waals surface area (Å²) in [6, 6.07) is 8.43. The van der Waals surface area contributed by atoms with E-state index in [4.69, 9.17) is 5.10 Å². The molecule has 2 aromatic rings. The number of aromatic nitrogens is 2. The van der Waals surface area contributed by atoms with Gasteiger partial charge in [-0.1, -0.05) is 38.1 Å². The number of rotatable bonds is 4. The first-order chi connectivity index (χ1) is 12.1. The monoisotopic (exact) mass is 333 g/mol. The molecule has 25 heavy (non-hydrogen) atoms. The van der Waals surface area contributed by atoms with Gasteiger partial charge in [0.2, 0.25) is 0 Å². The van der Waals surface area contributed by atoms with Gasteiger partial charge < -0.3 is 0 Å². The summed E-state index contributed by atoms with van der Waals surface area (Å²) in [6.07, 6.45) is 7.94. The maximum Gasteiger partial charge on any atom is 0.152 e. The summed E-state index contributed by atoms with van der Waals surface area (Å²) in [6.45, 7) is 8.22. The maximum atomic E-state index is 4.93. The lowest BCUT2D eigenvalue weighted by atomic mass is 9.99. The van der Waals surface area contributed by atoms with Crippen LogP contribution in [0.25, 0.3) is 16.8 Å². The molecule has 128 valence electrons. The summed E-state index contributed by atoms with van der Waals surface area (Å²) in [5.74, 6) is 1.50. The third-order valence-corrected chi connectivity index (χ3v) is 4.48. The highest BCUT2D eigenvalue weighted by molar-refractivity contribution is 5.85. The summed E-state index contributed by atoms with van der Waals surface area (Å²) >= 11 is 0. The molecule has 0 aliphatic carbocycles. The minimum absolute atomic E-state index is 0.545. The van der Waals surface area contributed by atoms with Gasteiger partial charge in [0.1, 0.15) is 5.69 Å². The lowest BCUT2D eigenvalue weighted by Crippen LogP contribution is -2.26. The van der Waals surface area contributed by atoms with E-state index < -0.39 is 0 Å². The van der Waals surface area contributed by atoms with Crippen molar-refractivity contribution in [2.75, 3.05) is 6.54 Å². The first-order valence-corrected chi connectivity index (χ1v) is 8.74. The standard InChI is InChI=1S/C20H23N5/c1-14(2)12-24-13-18(17-11-22-25-10-6-9-21-20(17)25)19(23-24)16-8-5-4-7-15(16)3/h4-10,13-14,22H,11-12H2,1-3H3. The molecular weight excluding hydrogens is 310 g/mol. The van der Waals surface area contributed by atoms with Crippen LogP contribution < -0.4 is 5.43 Å². The molecular formula is C20H23N5. The molecule has 0 spiro atoms. The second kappa shape index (κ2) is 6.33. The van der Waals surface area contributed by atoms with Crippen LogP contribution in [-0.4, -0.2) is 27.5 Å². The van der Waals surface area contributed by atoms with Crippen molar-refractivity contribution >= 4 is 11.8 Å². The van der Waals surface area contributed by atoms with Crippen LogP contribution in [0.3, 0.4) is 0 Å². The van der Waals surface area contributed by atoms with Gasteiger partial charge in [-0.05, 0) is 24.5 Å². The van der Waals surface area contributed by atoms with E-state index in [1.54, 1.807) is 0 Å². The fraction of sp³-hybridized carbons (Fsp3) is 0.300. The molecule has 3 heterocycles. The zero-order chi connectivity index (χ0) is 17.4. The number of nitrogens with one attached hydrogen (secondary N) is 1. The summed E-state index contributed by atoms with van der Waals surface area (Å²) in [5, 5.41) is 6.91. The number of hydrazine groups is 1. The van der Waals surface area contributed by atoms with Crippen molar-refractivity contribution in [3.63, 3.8) is 0 Å². The van der Waals surface area contributed by atoms with Gasteiger partial charge in [0, 0.05) is 48.4 Å². The maximum absolute atomic E-state index is 4.93. The van der Waals surface area contributed by atoms with E-state index in [1.165, 1.54) is 16.7 Å². The first-order valence-electron chi connectivity index (χ1n) is 8.74. The number of nitrogens with zero attached hydrogens (tertiary/aromatic N) is 4. The largest absolute Gasteiger partial charge is 0.271 e. The number of aliphatic imine (C=N–C) groups is 1. The van der Waals surface area contributed by atoms with Gasteiger partial charge in [0.15, 0.2) is 5.82 Å². The number of benzene rings is 1. The Labute approximate surface area is 148 Å². The average Bonchev–Trinajstić information content (AvgIpc) is 3.18. The fourth-order valence-electron chi connectivity index (χ4n) is 3.33. The second-order valence-corrected chi connectivity index (χ2v) is 6.95. The number of allylic oxidation sites excluding steroid dienone is 1. The highest BCUT2D eigenvalue weighted by Gasteiger charge is 2.27. The summed E-state index contributed by atoms with van der Waals surface area (Å²) in [4.78, 5) is 4.57. The quantitative estimate of drug-likeness (QED) is 0.930. The van der Waals surface area contributed by atoms with E-state index in [9.17, 15) is 0 Å². The van der Waals surface area contributed by atoms with Crippen molar-refractivity contribution in [1.29, 1.82) is 0 Å². The Balaban J connectivity index is 1.87. The Morgan fingerprint density at radius 3 is 2.84 bits per heavy atom. The third kappa shape index (κ3) is 2.91. The molecule has 0 bridgehead atoms. The topological polar surface area (TPSA) is 45.5 Å². The molecule has 0 unspecified atom stereocenters. The Morgan fingerprint density at radius 2 is 2.04 bits per heavy atom. The SMILES string of the molecule is Cc1ccccc1-c1nn(CC(C)C)cc1C1=C2N=CC=CN2NC1. The lowest BCUT2D eigenvalue weighted by molar-refractivity contribution is 0.383. The molecule has 4 rings (SSSR count). The van der Waals surface area contributed by atoms with Crippen LogP contribution in [0, 0.1) is 12.8 Å². The van der Waals surface area contributed by atoms with E-state index in [2.05, 4.69) is 66.3 Å². The van der Waals surface area contributed by atoms with E-state index in [-0.39, 0.29) is 0 Å². The van der Waals surface area contributed by atoms with Gasteiger partial charge in [-0.2, -0.15) is 5.10 Å². The first kappa shape index (κ1) is 15.8. The third-order valence-electron chi connectivity index (χ3n) is 4.48. The smallest absolute Gasteiger partial charge is 0.152 e. The minimum Gasteiger partial charge on any atom is -0.271 e. The zero-order valence-electron chi connectivity index (χ0n) is 14.9. The highest BCUT2D eigenvalue weighted by Crippen LogP contribution is 2.35. The van der Waals surface area contributed by atoms with E-state index >= 15 is 0 Å². The molecule has 0 fully saturated rings. The molecule has 0 radical (unpaired) electrons. The molecule has 0 amide bonds. The predicted octanol–water partition coefficient (Wildman–Crippen LogP) is 3.60. The molecule has 2 aliphatic rings. The summed E-state index contributed by atoms with van der Waals surface area (Å²) in [7, 11) is 0. The van der Waals surface area contributed by atoms with Crippen LogP contribution in [0.2, 0.25) is 0 Å². The Hall–Kier alpha value is -2.66. The molecule has 0 saturated carbocycles. The van der Waals surface area contributed by atoms with E-state index in [0.29, 0.717) is 5.92 Å². The Kier molecular flexibility index (Phi) is 4.01. The fourth-order valence-corrected chi connectivity index (χ4v) is 3.33. The number of hydrogen-bond donors (Lipinski definition) is 1. The predicted molar refractivity (Wildman–Crippen MR) is 102 cm³/mol. The number of fused-ring (bicyclic) bond motifs is 1. The molecule has 1 aromatic heterocycles. The lowest BCUT2D eigenvalue weighted by Gasteiger charge is -2.16. The minimum atomic E-state index is 0.545. The highest BCUT2D eigenvalue weighted by atomic mass is 15.5. The van der Waals surface area contributed by atoms with Crippen LogP contribution in [0.4, 0.5) is 0 Å². The van der Waals surface area contributed by atoms with Crippen molar-refractivity contribution in [1.82, 2.24) is 20.2 Å². The van der Waals surface area contributed by atoms with Crippen LogP contribution in [0.1, 0.15) is 25.0 Å². The molecule has 5 nitrogen and oxygen atoms in total. The van der Waals surface area contributed by atoms with Crippen molar-refractivity contribution in [3.8, 4) is 11.3 Å². The van der Waals surface area contributed by atoms with Crippen LogP contribution >= 0.6 is 0 Å². The van der Waals surface area contributed by atoms with E-state index in [0.717, 1.165) is 30.2 Å². The van der Waals surface area contributed by atoms with Gasteiger partial charge in [0.05, 0.1) is 0 Å². The van der Waals surface area contributed by atoms with Gasteiger partial charge in [-0.25, -0.2) is 10.4 Å². The van der Waals surface area contributed by atoms with Crippen molar-refractivity contribution in [2.45, 2.75) is 27.3 Å². The molecule has 0 saturated heterocycles. The normalized spacial score (nSPS) is 16.2. The molecule has 0 atom stereocenters. The van der Waals surface area contributed by atoms with Gasteiger partial charge in [-0.15, -0.1) is 0 Å². The number of aryl methyl sites for hydroxylation is 1. The molecule has 1 N–H and O–H groups in total. The average molecular weight is 333 g/mol. The summed E-state index contributed by atoms with van der Waals surface area (Å²) < 4.78 is 2.07. The Bertz CT molecular complexity index is 885. The number of hydrogen-bond acceptors (Lipinski definition) is 4.